The molecule has 0 spiro atoms. The summed E-state index contributed by atoms with van der Waals surface area (Å²) in [6.07, 6.45) is 5.18. The van der Waals surface area contributed by atoms with E-state index < -0.39 is 0 Å². The van der Waals surface area contributed by atoms with Gasteiger partial charge in [0.05, 0.1) is 0 Å². The highest BCUT2D eigenvalue weighted by Gasteiger charge is 2.49. The lowest BCUT2D eigenvalue weighted by Gasteiger charge is -2.34. The third-order valence-corrected chi connectivity index (χ3v) is 6.78. The quantitative estimate of drug-likeness (QED) is 0.439. The van der Waals surface area contributed by atoms with Gasteiger partial charge >= 0.3 is 0 Å². The van der Waals surface area contributed by atoms with Crippen LogP contribution in [0, 0.1) is 5.92 Å². The van der Waals surface area contributed by atoms with E-state index in [0.29, 0.717) is 11.8 Å². The first kappa shape index (κ1) is 20.6. The van der Waals surface area contributed by atoms with Crippen molar-refractivity contribution in [2.45, 2.75) is 72.1 Å². The van der Waals surface area contributed by atoms with Gasteiger partial charge in [0.2, 0.25) is 0 Å². The molecule has 0 radical (unpaired) electrons. The van der Waals surface area contributed by atoms with Gasteiger partial charge < -0.3 is 0 Å². The molecule has 0 aliphatic heterocycles. The fraction of sp³-hybridized carbons (Fsp3) is 0.429. The average molecular weight is 373 g/mol. The van der Waals surface area contributed by atoms with Crippen LogP contribution in [0.1, 0.15) is 83.6 Å². The number of hydrogen-bond donors (Lipinski definition) is 0. The summed E-state index contributed by atoms with van der Waals surface area (Å²) in [5.74, 6) is 1.07. The van der Waals surface area contributed by atoms with Gasteiger partial charge in [0.15, 0.2) is 0 Å². The Morgan fingerprint density at radius 2 is 1.25 bits per heavy atom. The van der Waals surface area contributed by atoms with E-state index in [-0.39, 0.29) is 10.8 Å². The van der Waals surface area contributed by atoms with Gasteiger partial charge in [0, 0.05) is 11.3 Å². The molecule has 0 aromatic heterocycles. The van der Waals surface area contributed by atoms with Gasteiger partial charge in [-0.05, 0) is 44.7 Å². The van der Waals surface area contributed by atoms with E-state index in [4.69, 9.17) is 0 Å². The maximum absolute atomic E-state index is 2.61. The SMILES string of the molecule is CC.CC.CC1(C)C2=CC3C(C=C2c2ccccc21)c1ccccc1C3(C)C. The zero-order chi connectivity index (χ0) is 20.7. The molecule has 2 aromatic carbocycles. The summed E-state index contributed by atoms with van der Waals surface area (Å²) < 4.78 is 0. The topological polar surface area (TPSA) is 0 Å². The molecule has 3 aliphatic rings. The van der Waals surface area contributed by atoms with Gasteiger partial charge in [-0.15, -0.1) is 0 Å². The molecule has 28 heavy (non-hydrogen) atoms. The van der Waals surface area contributed by atoms with E-state index >= 15 is 0 Å². The van der Waals surface area contributed by atoms with Gasteiger partial charge in [-0.1, -0.05) is 116 Å². The first-order valence-electron chi connectivity index (χ1n) is 11.1. The van der Waals surface area contributed by atoms with E-state index in [1.807, 2.05) is 27.7 Å². The van der Waals surface area contributed by atoms with Crippen LogP contribution in [0.4, 0.5) is 0 Å². The number of fused-ring (bicyclic) bond motifs is 6. The van der Waals surface area contributed by atoms with Crippen LogP contribution in [0.5, 0.6) is 0 Å². The summed E-state index contributed by atoms with van der Waals surface area (Å²) in [5, 5.41) is 0. The minimum absolute atomic E-state index is 0.109. The summed E-state index contributed by atoms with van der Waals surface area (Å²) in [6, 6.07) is 18.0. The molecule has 0 N–H and O–H groups in total. The molecule has 3 aliphatic carbocycles. The Kier molecular flexibility index (Phi) is 5.45. The molecule has 2 unspecified atom stereocenters. The maximum Gasteiger partial charge on any atom is 0.0155 e. The molecule has 0 amide bonds. The van der Waals surface area contributed by atoms with Crippen LogP contribution in [-0.4, -0.2) is 0 Å². The van der Waals surface area contributed by atoms with Crippen LogP contribution in [0.3, 0.4) is 0 Å². The van der Waals surface area contributed by atoms with Crippen molar-refractivity contribution in [2.24, 2.45) is 5.92 Å². The van der Waals surface area contributed by atoms with Gasteiger partial charge in [0.25, 0.3) is 0 Å². The first-order valence-corrected chi connectivity index (χ1v) is 11.1. The Morgan fingerprint density at radius 3 is 1.93 bits per heavy atom. The molecule has 0 fully saturated rings. The summed E-state index contributed by atoms with van der Waals surface area (Å²) in [4.78, 5) is 0. The van der Waals surface area contributed by atoms with Crippen LogP contribution < -0.4 is 0 Å². The zero-order valence-electron chi connectivity index (χ0n) is 18.9. The van der Waals surface area contributed by atoms with Gasteiger partial charge in [-0.25, -0.2) is 0 Å². The molecule has 0 heteroatoms. The molecule has 0 bridgehead atoms. The molecule has 5 rings (SSSR count). The van der Waals surface area contributed by atoms with Gasteiger partial charge in [-0.2, -0.15) is 0 Å². The zero-order valence-corrected chi connectivity index (χ0v) is 18.9. The molecule has 0 heterocycles. The van der Waals surface area contributed by atoms with E-state index in [2.05, 4.69) is 88.4 Å². The van der Waals surface area contributed by atoms with Crippen molar-refractivity contribution in [1.82, 2.24) is 0 Å². The molecule has 0 nitrogen and oxygen atoms in total. The summed E-state index contributed by atoms with van der Waals surface area (Å²) in [7, 11) is 0. The highest BCUT2D eigenvalue weighted by Crippen LogP contribution is 2.60. The van der Waals surface area contributed by atoms with Crippen molar-refractivity contribution >= 4 is 5.57 Å². The Morgan fingerprint density at radius 1 is 0.679 bits per heavy atom. The van der Waals surface area contributed by atoms with Crippen LogP contribution in [0.2, 0.25) is 0 Å². The minimum Gasteiger partial charge on any atom is -0.0749 e. The standard InChI is InChI=1S/C24H24.2C2H6/c1-23(2)19-11-7-5-9-15(19)17-13-18-16-10-6-8-12-20(16)24(3,4)22(18)14-21(17)23;2*1-2/h5-14,17,21H,1-4H3;2*1-2H3. The summed E-state index contributed by atoms with van der Waals surface area (Å²) in [6.45, 7) is 17.6. The van der Waals surface area contributed by atoms with E-state index in [9.17, 15) is 0 Å². The molecular formula is C28H36. The Labute approximate surface area is 172 Å². The fourth-order valence-corrected chi connectivity index (χ4v) is 5.43. The number of benzene rings is 2. The summed E-state index contributed by atoms with van der Waals surface area (Å²) in [5.41, 5.74) is 9.29. The lowest BCUT2D eigenvalue weighted by Crippen LogP contribution is -2.27. The van der Waals surface area contributed by atoms with Crippen molar-refractivity contribution in [3.63, 3.8) is 0 Å². The van der Waals surface area contributed by atoms with E-state index in [1.165, 1.54) is 33.4 Å². The third kappa shape index (κ3) is 2.72. The van der Waals surface area contributed by atoms with Crippen molar-refractivity contribution in [3.05, 3.63) is 88.5 Å². The second-order valence-electron chi connectivity index (χ2n) is 8.69. The predicted molar refractivity (Wildman–Crippen MR) is 124 cm³/mol. The van der Waals surface area contributed by atoms with Crippen molar-refractivity contribution < 1.29 is 0 Å². The van der Waals surface area contributed by atoms with Gasteiger partial charge in [0.1, 0.15) is 0 Å². The lowest BCUT2D eigenvalue weighted by molar-refractivity contribution is 0.390. The third-order valence-electron chi connectivity index (χ3n) is 6.78. The first-order chi connectivity index (χ1) is 13.4. The van der Waals surface area contributed by atoms with E-state index in [1.54, 1.807) is 0 Å². The van der Waals surface area contributed by atoms with E-state index in [0.717, 1.165) is 0 Å². The Balaban J connectivity index is 0.000000531. The predicted octanol–water partition coefficient (Wildman–Crippen LogP) is 8.04. The minimum atomic E-state index is 0.109. The number of rotatable bonds is 0. The monoisotopic (exact) mass is 372 g/mol. The highest BCUT2D eigenvalue weighted by molar-refractivity contribution is 5.91. The molecule has 0 saturated carbocycles. The van der Waals surface area contributed by atoms with Crippen LogP contribution in [0.25, 0.3) is 5.57 Å². The fourth-order valence-electron chi connectivity index (χ4n) is 5.43. The number of hydrogen-bond acceptors (Lipinski definition) is 0. The normalized spacial score (nSPS) is 24.0. The largest absolute Gasteiger partial charge is 0.0749 e. The maximum atomic E-state index is 2.61. The van der Waals surface area contributed by atoms with Crippen LogP contribution >= 0.6 is 0 Å². The highest BCUT2D eigenvalue weighted by atomic mass is 14.5. The van der Waals surface area contributed by atoms with Crippen molar-refractivity contribution in [3.8, 4) is 0 Å². The summed E-state index contributed by atoms with van der Waals surface area (Å²) >= 11 is 0. The second-order valence-corrected chi connectivity index (χ2v) is 8.69. The molecule has 0 saturated heterocycles. The Hall–Kier alpha value is -2.08. The average Bonchev–Trinajstić information content (AvgIpc) is 3.10. The Bertz CT molecular complexity index is 921. The molecule has 148 valence electrons. The second kappa shape index (κ2) is 7.39. The van der Waals surface area contributed by atoms with Crippen molar-refractivity contribution in [2.75, 3.05) is 0 Å². The molecule has 2 atom stereocenters. The number of allylic oxidation sites excluding steroid dienone is 4. The van der Waals surface area contributed by atoms with Crippen LogP contribution in [-0.2, 0) is 10.8 Å². The molecule has 2 aromatic rings. The van der Waals surface area contributed by atoms with Gasteiger partial charge in [-0.3, -0.25) is 0 Å². The lowest BCUT2D eigenvalue weighted by atomic mass is 9.69. The smallest absolute Gasteiger partial charge is 0.0155 e. The van der Waals surface area contributed by atoms with Crippen LogP contribution in [0.15, 0.2) is 66.3 Å². The van der Waals surface area contributed by atoms with Crippen molar-refractivity contribution in [1.29, 1.82) is 0 Å². The molecular weight excluding hydrogens is 336 g/mol.